The van der Waals surface area contributed by atoms with Gasteiger partial charge in [-0.15, -0.1) is 0 Å². The second kappa shape index (κ2) is 7.90. The highest BCUT2D eigenvalue weighted by atomic mass is 32.2. The lowest BCUT2D eigenvalue weighted by Gasteiger charge is -2.17. The number of sulfonamides is 1. The average molecular weight is 348 g/mol. The van der Waals surface area contributed by atoms with E-state index in [1.165, 1.54) is 59.9 Å². The predicted molar refractivity (Wildman–Crippen MR) is 87.5 cm³/mol. The highest BCUT2D eigenvalue weighted by molar-refractivity contribution is 7.89. The van der Waals surface area contributed by atoms with Gasteiger partial charge in [0.15, 0.2) is 0 Å². The normalized spacial score (nSPS) is 11.2. The van der Waals surface area contributed by atoms with Gasteiger partial charge in [-0.2, -0.15) is 5.26 Å². The third kappa shape index (κ3) is 4.54. The molecule has 0 saturated heterocycles. The van der Waals surface area contributed by atoms with E-state index in [-0.39, 0.29) is 17.3 Å². The molecular weight excluding hydrogens is 331 g/mol. The number of ether oxygens (including phenoxy) is 1. The minimum Gasteiger partial charge on any atom is -0.494 e. The summed E-state index contributed by atoms with van der Waals surface area (Å²) in [4.78, 5) is 0.142. The lowest BCUT2D eigenvalue weighted by molar-refractivity contribution is 0.296. The second-order valence-electron chi connectivity index (χ2n) is 5.12. The highest BCUT2D eigenvalue weighted by Crippen LogP contribution is 2.16. The molecule has 7 heteroatoms. The van der Waals surface area contributed by atoms with Crippen molar-refractivity contribution in [3.63, 3.8) is 0 Å². The van der Waals surface area contributed by atoms with Crippen LogP contribution in [0.1, 0.15) is 12.0 Å². The van der Waals surface area contributed by atoms with E-state index >= 15 is 0 Å². The van der Waals surface area contributed by atoms with Gasteiger partial charge in [0, 0.05) is 13.6 Å². The van der Waals surface area contributed by atoms with Crippen LogP contribution in [-0.2, 0) is 10.0 Å². The molecule has 0 N–H and O–H groups in total. The number of nitriles is 1. The summed E-state index contributed by atoms with van der Waals surface area (Å²) in [5, 5.41) is 8.75. The number of hydrogen-bond acceptors (Lipinski definition) is 4. The van der Waals surface area contributed by atoms with E-state index in [1.807, 2.05) is 6.07 Å². The Labute approximate surface area is 141 Å². The maximum Gasteiger partial charge on any atom is 0.242 e. The summed E-state index contributed by atoms with van der Waals surface area (Å²) >= 11 is 0. The van der Waals surface area contributed by atoms with Crippen LogP contribution in [-0.4, -0.2) is 32.9 Å². The summed E-state index contributed by atoms with van der Waals surface area (Å²) in [6, 6.07) is 13.4. The van der Waals surface area contributed by atoms with Gasteiger partial charge in [0.25, 0.3) is 0 Å². The SMILES string of the molecule is CN(CCCOc1ccc(F)cc1)S(=O)(=O)c1ccc(C#N)cc1. The molecule has 0 radical (unpaired) electrons. The Bertz CT molecular complexity index is 812. The molecule has 0 unspecified atom stereocenters. The van der Waals surface area contributed by atoms with Gasteiger partial charge in [-0.25, -0.2) is 17.1 Å². The molecule has 0 spiro atoms. The minimum atomic E-state index is -3.60. The summed E-state index contributed by atoms with van der Waals surface area (Å²) in [5.41, 5.74) is 0.407. The van der Waals surface area contributed by atoms with Crippen LogP contribution >= 0.6 is 0 Å². The van der Waals surface area contributed by atoms with E-state index in [1.54, 1.807) is 0 Å². The van der Waals surface area contributed by atoms with Crippen molar-refractivity contribution in [1.82, 2.24) is 4.31 Å². The monoisotopic (exact) mass is 348 g/mol. The molecule has 2 aromatic rings. The van der Waals surface area contributed by atoms with Gasteiger partial charge in [0.2, 0.25) is 10.0 Å². The van der Waals surface area contributed by atoms with E-state index in [2.05, 4.69) is 0 Å². The molecule has 0 amide bonds. The van der Waals surface area contributed by atoms with Crippen molar-refractivity contribution >= 4 is 10.0 Å². The fourth-order valence-corrected chi connectivity index (χ4v) is 3.22. The minimum absolute atomic E-state index is 0.142. The predicted octanol–water partition coefficient (Wildman–Crippen LogP) is 2.79. The van der Waals surface area contributed by atoms with Crippen molar-refractivity contribution < 1.29 is 17.5 Å². The van der Waals surface area contributed by atoms with E-state index in [9.17, 15) is 12.8 Å². The molecule has 2 rings (SSSR count). The molecule has 0 bridgehead atoms. The smallest absolute Gasteiger partial charge is 0.242 e. The van der Waals surface area contributed by atoms with Crippen molar-refractivity contribution in [2.45, 2.75) is 11.3 Å². The first-order chi connectivity index (χ1) is 11.4. The van der Waals surface area contributed by atoms with Crippen LogP contribution in [0, 0.1) is 17.1 Å². The number of nitrogens with zero attached hydrogens (tertiary/aromatic N) is 2. The van der Waals surface area contributed by atoms with Gasteiger partial charge < -0.3 is 4.74 Å². The van der Waals surface area contributed by atoms with Crippen LogP contribution in [0.5, 0.6) is 5.75 Å². The van der Waals surface area contributed by atoms with Crippen molar-refractivity contribution in [2.75, 3.05) is 20.2 Å². The Morgan fingerprint density at radius 1 is 1.12 bits per heavy atom. The molecule has 126 valence electrons. The molecular formula is C17H17FN2O3S. The van der Waals surface area contributed by atoms with Crippen LogP contribution in [0.25, 0.3) is 0 Å². The number of halogens is 1. The van der Waals surface area contributed by atoms with Crippen molar-refractivity contribution in [3.8, 4) is 11.8 Å². The molecule has 0 heterocycles. The quantitative estimate of drug-likeness (QED) is 0.722. The summed E-state index contributed by atoms with van der Waals surface area (Å²) in [5.74, 6) is 0.199. The largest absolute Gasteiger partial charge is 0.494 e. The lowest BCUT2D eigenvalue weighted by atomic mass is 10.2. The maximum absolute atomic E-state index is 12.8. The average Bonchev–Trinajstić information content (AvgIpc) is 2.60. The van der Waals surface area contributed by atoms with Gasteiger partial charge in [0.1, 0.15) is 11.6 Å². The number of hydrogen-bond donors (Lipinski definition) is 0. The summed E-state index contributed by atoms with van der Waals surface area (Å²) in [6.07, 6.45) is 0.489. The zero-order chi connectivity index (χ0) is 17.6. The molecule has 0 atom stereocenters. The van der Waals surface area contributed by atoms with E-state index in [0.717, 1.165) is 0 Å². The molecule has 0 saturated carbocycles. The summed E-state index contributed by atoms with van der Waals surface area (Å²) in [7, 11) is -2.10. The number of benzene rings is 2. The topological polar surface area (TPSA) is 70.4 Å². The molecule has 0 aliphatic carbocycles. The first-order valence-electron chi connectivity index (χ1n) is 7.28. The molecule has 2 aromatic carbocycles. The first-order valence-corrected chi connectivity index (χ1v) is 8.72. The van der Waals surface area contributed by atoms with Gasteiger partial charge >= 0.3 is 0 Å². The molecule has 0 fully saturated rings. The van der Waals surface area contributed by atoms with E-state index in [0.29, 0.717) is 24.3 Å². The van der Waals surface area contributed by atoms with Crippen molar-refractivity contribution in [1.29, 1.82) is 5.26 Å². The summed E-state index contributed by atoms with van der Waals surface area (Å²) < 4.78 is 44.2. The Balaban J connectivity index is 1.87. The van der Waals surface area contributed by atoms with Crippen molar-refractivity contribution in [2.24, 2.45) is 0 Å². The van der Waals surface area contributed by atoms with Gasteiger partial charge in [0.05, 0.1) is 23.1 Å². The Hall–Kier alpha value is -2.43. The van der Waals surface area contributed by atoms with Crippen LogP contribution in [0.2, 0.25) is 0 Å². The Morgan fingerprint density at radius 2 is 1.75 bits per heavy atom. The van der Waals surface area contributed by atoms with E-state index < -0.39 is 10.0 Å². The third-order valence-corrected chi connectivity index (χ3v) is 5.26. The Kier molecular flexibility index (Phi) is 5.90. The van der Waals surface area contributed by atoms with Crippen LogP contribution in [0.3, 0.4) is 0 Å². The fourth-order valence-electron chi connectivity index (χ4n) is 2.01. The molecule has 24 heavy (non-hydrogen) atoms. The van der Waals surface area contributed by atoms with Crippen molar-refractivity contribution in [3.05, 3.63) is 59.9 Å². The standard InChI is InChI=1S/C17H17FN2O3S/c1-20(11-2-12-23-16-7-5-15(18)6-8-16)24(21,22)17-9-3-14(13-19)4-10-17/h3-10H,2,11-12H2,1H3. The van der Waals surface area contributed by atoms with Gasteiger partial charge in [-0.05, 0) is 55.0 Å². The Morgan fingerprint density at radius 3 is 2.33 bits per heavy atom. The summed E-state index contributed by atoms with van der Waals surface area (Å²) in [6.45, 7) is 0.600. The van der Waals surface area contributed by atoms with Gasteiger partial charge in [-0.3, -0.25) is 0 Å². The highest BCUT2D eigenvalue weighted by Gasteiger charge is 2.20. The zero-order valence-electron chi connectivity index (χ0n) is 13.1. The maximum atomic E-state index is 12.8. The van der Waals surface area contributed by atoms with E-state index in [4.69, 9.17) is 10.00 Å². The fraction of sp³-hybridized carbons (Fsp3) is 0.235. The van der Waals surface area contributed by atoms with Gasteiger partial charge in [-0.1, -0.05) is 0 Å². The van der Waals surface area contributed by atoms with Crippen LogP contribution in [0.4, 0.5) is 4.39 Å². The number of rotatable bonds is 7. The van der Waals surface area contributed by atoms with Crippen LogP contribution in [0.15, 0.2) is 53.4 Å². The lowest BCUT2D eigenvalue weighted by Crippen LogP contribution is -2.28. The first kappa shape index (κ1) is 17.9. The molecule has 5 nitrogen and oxygen atoms in total. The molecule has 0 aromatic heterocycles. The van der Waals surface area contributed by atoms with Crippen LogP contribution < -0.4 is 4.74 Å². The molecule has 0 aliphatic heterocycles. The molecule has 0 aliphatic rings. The zero-order valence-corrected chi connectivity index (χ0v) is 14.0. The second-order valence-corrected chi connectivity index (χ2v) is 7.16. The third-order valence-electron chi connectivity index (χ3n) is 3.39.